The molecule has 0 bridgehead atoms. The first-order chi connectivity index (χ1) is 13.6. The number of rotatable bonds is 5. The number of carboxylic acid groups (broad SMARTS) is 1. The number of carbonyl (C=O) groups excluding carboxylic acids is 1. The molecule has 2 heterocycles. The highest BCUT2D eigenvalue weighted by molar-refractivity contribution is 6.03. The van der Waals surface area contributed by atoms with Crippen LogP contribution >= 0.6 is 0 Å². The van der Waals surface area contributed by atoms with E-state index < -0.39 is 53.0 Å². The number of aromatic hydroxyl groups is 1. The molecule has 0 saturated carbocycles. The number of alkyl halides is 3. The smallest absolute Gasteiger partial charge is 0.419 e. The van der Waals surface area contributed by atoms with Crippen LogP contribution in [0.1, 0.15) is 15.9 Å². The summed E-state index contributed by atoms with van der Waals surface area (Å²) in [5.41, 5.74) is -2.23. The Morgan fingerprint density at radius 1 is 1.24 bits per heavy atom. The van der Waals surface area contributed by atoms with Crippen LogP contribution in [-0.2, 0) is 11.0 Å². The van der Waals surface area contributed by atoms with E-state index in [1.54, 1.807) is 0 Å². The number of benzene rings is 1. The van der Waals surface area contributed by atoms with Gasteiger partial charge in [-0.15, -0.1) is 0 Å². The number of fused-ring (bicyclic) bond motifs is 1. The molecule has 2 aromatic heterocycles. The monoisotopic (exact) mass is 414 g/mol. The molecule has 3 N–H and O–H groups in total. The number of ether oxygens (including phenoxy) is 1. The summed E-state index contributed by atoms with van der Waals surface area (Å²) in [4.78, 5) is 26.5. The number of nitrogens with zero attached hydrogens (tertiary/aromatic N) is 3. The molecule has 0 aliphatic heterocycles. The number of carboxylic acids is 1. The lowest BCUT2D eigenvalue weighted by Gasteiger charge is -2.13. The third-order valence-electron chi connectivity index (χ3n) is 3.59. The van der Waals surface area contributed by atoms with Gasteiger partial charge in [0.05, 0.1) is 5.56 Å². The summed E-state index contributed by atoms with van der Waals surface area (Å²) < 4.78 is 58.1. The van der Waals surface area contributed by atoms with Crippen LogP contribution in [0.2, 0.25) is 0 Å². The Bertz CT molecular complexity index is 1110. The molecule has 1 amide bonds. The van der Waals surface area contributed by atoms with Gasteiger partial charge in [-0.05, 0) is 18.2 Å². The van der Waals surface area contributed by atoms with Crippen molar-refractivity contribution in [1.29, 1.82) is 0 Å². The van der Waals surface area contributed by atoms with Crippen molar-refractivity contribution in [2.24, 2.45) is 0 Å². The van der Waals surface area contributed by atoms with Crippen LogP contribution in [0.3, 0.4) is 0 Å². The van der Waals surface area contributed by atoms with E-state index in [9.17, 15) is 32.3 Å². The molecule has 0 saturated heterocycles. The van der Waals surface area contributed by atoms with Crippen molar-refractivity contribution in [1.82, 2.24) is 19.9 Å². The highest BCUT2D eigenvalue weighted by Gasteiger charge is 2.34. The van der Waals surface area contributed by atoms with Crippen molar-refractivity contribution >= 4 is 17.5 Å². The minimum Gasteiger partial charge on any atom is -0.507 e. The maximum Gasteiger partial charge on any atom is 0.419 e. The first-order valence-corrected chi connectivity index (χ1v) is 7.68. The number of hydrogen-bond donors (Lipinski definition) is 3. The second-order valence-electron chi connectivity index (χ2n) is 5.56. The Labute approximate surface area is 158 Å². The zero-order valence-corrected chi connectivity index (χ0v) is 14.1. The summed E-state index contributed by atoms with van der Waals surface area (Å²) in [5.74, 6) is -5.24. The molecule has 0 spiro atoms. The van der Waals surface area contributed by atoms with Gasteiger partial charge in [0.1, 0.15) is 35.8 Å². The van der Waals surface area contributed by atoms with E-state index >= 15 is 0 Å². The molecular weight excluding hydrogens is 404 g/mol. The van der Waals surface area contributed by atoms with Crippen LogP contribution in [0.25, 0.3) is 5.65 Å². The molecule has 0 radical (unpaired) electrons. The van der Waals surface area contributed by atoms with Gasteiger partial charge in [-0.1, -0.05) is 0 Å². The van der Waals surface area contributed by atoms with E-state index in [0.29, 0.717) is 12.1 Å². The highest BCUT2D eigenvalue weighted by Crippen LogP contribution is 2.36. The lowest BCUT2D eigenvalue weighted by Crippen LogP contribution is -2.29. The molecule has 0 aliphatic carbocycles. The number of halogens is 4. The Hall–Kier alpha value is -3.90. The first kappa shape index (κ1) is 19.9. The van der Waals surface area contributed by atoms with Crippen molar-refractivity contribution in [3.63, 3.8) is 0 Å². The predicted octanol–water partition coefficient (Wildman–Crippen LogP) is 2.20. The topological polar surface area (TPSA) is 126 Å². The lowest BCUT2D eigenvalue weighted by atomic mass is 10.2. The van der Waals surface area contributed by atoms with Crippen LogP contribution in [0.5, 0.6) is 17.4 Å². The molecule has 9 nitrogen and oxygen atoms in total. The molecule has 0 atom stereocenters. The van der Waals surface area contributed by atoms with Crippen LogP contribution < -0.4 is 10.1 Å². The van der Waals surface area contributed by atoms with E-state index in [-0.39, 0.29) is 11.5 Å². The maximum absolute atomic E-state index is 13.4. The summed E-state index contributed by atoms with van der Waals surface area (Å²) in [6.45, 7) is -0.730. The molecule has 29 heavy (non-hydrogen) atoms. The van der Waals surface area contributed by atoms with Crippen molar-refractivity contribution in [2.45, 2.75) is 6.18 Å². The zero-order valence-electron chi connectivity index (χ0n) is 14.1. The summed E-state index contributed by atoms with van der Waals surface area (Å²) >= 11 is 0. The Kier molecular flexibility index (Phi) is 4.97. The molecule has 0 fully saturated rings. The molecule has 152 valence electrons. The van der Waals surface area contributed by atoms with Crippen molar-refractivity contribution in [2.75, 3.05) is 6.54 Å². The van der Waals surface area contributed by atoms with Gasteiger partial charge in [0.25, 0.3) is 5.91 Å². The van der Waals surface area contributed by atoms with Gasteiger partial charge in [-0.2, -0.15) is 22.8 Å². The Morgan fingerprint density at radius 3 is 2.62 bits per heavy atom. The second kappa shape index (κ2) is 7.26. The number of nitrogens with one attached hydrogen (secondary N) is 1. The lowest BCUT2D eigenvalue weighted by molar-refractivity contribution is -0.140. The third-order valence-corrected chi connectivity index (χ3v) is 3.59. The fourth-order valence-corrected chi connectivity index (χ4v) is 2.38. The summed E-state index contributed by atoms with van der Waals surface area (Å²) in [7, 11) is 0. The number of amides is 1. The number of aliphatic carboxylic acids is 1. The van der Waals surface area contributed by atoms with Gasteiger partial charge in [0.15, 0.2) is 5.65 Å². The van der Waals surface area contributed by atoms with Gasteiger partial charge in [0, 0.05) is 6.07 Å². The van der Waals surface area contributed by atoms with Crippen molar-refractivity contribution < 1.29 is 42.1 Å². The molecule has 0 unspecified atom stereocenters. The Morgan fingerprint density at radius 2 is 1.97 bits per heavy atom. The van der Waals surface area contributed by atoms with Gasteiger partial charge in [0.2, 0.25) is 5.88 Å². The van der Waals surface area contributed by atoms with E-state index in [1.165, 1.54) is 0 Å². The summed E-state index contributed by atoms with van der Waals surface area (Å²) in [6, 6.07) is 2.78. The van der Waals surface area contributed by atoms with E-state index in [4.69, 9.17) is 9.84 Å². The van der Waals surface area contributed by atoms with Crippen molar-refractivity contribution in [3.05, 3.63) is 47.5 Å². The van der Waals surface area contributed by atoms with Crippen LogP contribution in [-0.4, -0.2) is 43.2 Å². The SMILES string of the molecule is O=C(O)CNC(=O)c1c(O)cc(Oc2ccc(F)c(C(F)(F)F)c2)n2ncnc12. The molecule has 3 rings (SSSR count). The minimum absolute atomic E-state index is 0.249. The fourth-order valence-electron chi connectivity index (χ4n) is 2.38. The number of aromatic nitrogens is 3. The Balaban J connectivity index is 2.01. The van der Waals surface area contributed by atoms with Crippen LogP contribution in [0.4, 0.5) is 17.6 Å². The summed E-state index contributed by atoms with van der Waals surface area (Å²) in [5, 5.41) is 24.6. The first-order valence-electron chi connectivity index (χ1n) is 7.68. The quantitative estimate of drug-likeness (QED) is 0.547. The number of pyridine rings is 1. The van der Waals surface area contributed by atoms with Crippen LogP contribution in [0, 0.1) is 5.82 Å². The molecule has 3 aromatic rings. The fraction of sp³-hybridized carbons (Fsp3) is 0.125. The third kappa shape index (κ3) is 4.02. The van der Waals surface area contributed by atoms with Crippen molar-refractivity contribution in [3.8, 4) is 17.4 Å². The molecule has 0 aliphatic rings. The van der Waals surface area contributed by atoms with Crippen LogP contribution in [0.15, 0.2) is 30.6 Å². The summed E-state index contributed by atoms with van der Waals surface area (Å²) in [6.07, 6.45) is -3.98. The van der Waals surface area contributed by atoms with E-state index in [2.05, 4.69) is 10.1 Å². The van der Waals surface area contributed by atoms with Gasteiger partial charge in [-0.3, -0.25) is 9.59 Å². The average molecular weight is 414 g/mol. The average Bonchev–Trinajstić information content (AvgIpc) is 3.10. The molecule has 1 aromatic carbocycles. The largest absolute Gasteiger partial charge is 0.507 e. The van der Waals surface area contributed by atoms with E-state index in [0.717, 1.165) is 23.0 Å². The number of hydrogen-bond acceptors (Lipinski definition) is 6. The van der Waals surface area contributed by atoms with Gasteiger partial charge in [-0.25, -0.2) is 9.37 Å². The second-order valence-corrected chi connectivity index (χ2v) is 5.56. The minimum atomic E-state index is -4.96. The number of carbonyl (C=O) groups is 2. The normalized spacial score (nSPS) is 11.4. The predicted molar refractivity (Wildman–Crippen MR) is 86.1 cm³/mol. The standard InChI is InChI=1S/C16H10F4N4O5/c17-9-2-1-7(3-8(9)16(18,19)20)29-11-4-10(25)13(14-22-6-23-24(11)14)15(28)21-5-12(26)27/h1-4,6,25H,5H2,(H,21,28)(H,26,27). The molecule has 13 heteroatoms. The maximum atomic E-state index is 13.4. The van der Waals surface area contributed by atoms with Gasteiger partial charge < -0.3 is 20.3 Å². The highest BCUT2D eigenvalue weighted by atomic mass is 19.4. The zero-order chi connectivity index (χ0) is 21.3. The van der Waals surface area contributed by atoms with Gasteiger partial charge >= 0.3 is 12.1 Å². The van der Waals surface area contributed by atoms with E-state index in [1.807, 2.05) is 5.32 Å². The molecular formula is C16H10F4N4O5.